The van der Waals surface area contributed by atoms with Crippen molar-refractivity contribution in [3.63, 3.8) is 0 Å². The minimum Gasteiger partial charge on any atom is -0.491 e. The molecule has 4 heteroatoms. The van der Waals surface area contributed by atoms with Crippen molar-refractivity contribution in [2.45, 2.75) is 39.2 Å². The van der Waals surface area contributed by atoms with Crippen molar-refractivity contribution in [3.8, 4) is 5.75 Å². The van der Waals surface area contributed by atoms with Crippen LogP contribution in [0.15, 0.2) is 24.3 Å². The molecule has 3 N–H and O–H groups in total. The van der Waals surface area contributed by atoms with Crippen LogP contribution >= 0.6 is 0 Å². The highest BCUT2D eigenvalue weighted by Crippen LogP contribution is 2.49. The Bertz CT molecular complexity index is 448. The maximum Gasteiger partial charge on any atom is 0.124 e. The lowest BCUT2D eigenvalue weighted by atomic mass is 9.75. The third kappa shape index (κ3) is 3.76. The van der Waals surface area contributed by atoms with Crippen molar-refractivity contribution in [3.05, 3.63) is 29.8 Å². The Balaban J connectivity index is 2.21. The van der Waals surface area contributed by atoms with Crippen molar-refractivity contribution in [1.29, 1.82) is 0 Å². The van der Waals surface area contributed by atoms with Gasteiger partial charge in [-0.15, -0.1) is 0 Å². The molecule has 0 bridgehead atoms. The first-order valence-corrected chi connectivity index (χ1v) is 7.77. The van der Waals surface area contributed by atoms with Crippen LogP contribution in [0.5, 0.6) is 5.75 Å². The SMILES string of the molecule is COCCOc1ccccc1C(NN)C1CCCC1(C)C. The van der Waals surface area contributed by atoms with Gasteiger partial charge in [-0.1, -0.05) is 38.5 Å². The van der Waals surface area contributed by atoms with Gasteiger partial charge >= 0.3 is 0 Å². The predicted molar refractivity (Wildman–Crippen MR) is 85.0 cm³/mol. The predicted octanol–water partition coefficient (Wildman–Crippen LogP) is 3.04. The Labute approximate surface area is 128 Å². The summed E-state index contributed by atoms with van der Waals surface area (Å²) >= 11 is 0. The van der Waals surface area contributed by atoms with E-state index in [1.165, 1.54) is 19.3 Å². The average Bonchev–Trinajstić information content (AvgIpc) is 2.81. The van der Waals surface area contributed by atoms with Gasteiger partial charge in [0.15, 0.2) is 0 Å². The van der Waals surface area contributed by atoms with Gasteiger partial charge in [-0.2, -0.15) is 0 Å². The lowest BCUT2D eigenvalue weighted by Gasteiger charge is -2.34. The second-order valence-corrected chi connectivity index (χ2v) is 6.51. The third-order valence-electron chi connectivity index (χ3n) is 4.72. The molecule has 2 atom stereocenters. The summed E-state index contributed by atoms with van der Waals surface area (Å²) in [5.74, 6) is 7.33. The largest absolute Gasteiger partial charge is 0.491 e. The van der Waals surface area contributed by atoms with Gasteiger partial charge in [-0.25, -0.2) is 0 Å². The molecule has 1 saturated carbocycles. The molecule has 2 unspecified atom stereocenters. The number of nitrogens with one attached hydrogen (secondary N) is 1. The van der Waals surface area contributed by atoms with Crippen LogP contribution in [0, 0.1) is 11.3 Å². The first-order chi connectivity index (χ1) is 10.1. The first-order valence-electron chi connectivity index (χ1n) is 7.77. The molecule has 0 saturated heterocycles. The minimum atomic E-state index is 0.126. The first kappa shape index (κ1) is 16.3. The monoisotopic (exact) mass is 292 g/mol. The van der Waals surface area contributed by atoms with Gasteiger partial charge in [0.2, 0.25) is 0 Å². The molecule has 1 aliphatic rings. The van der Waals surface area contributed by atoms with Crippen LogP contribution in [0.1, 0.15) is 44.7 Å². The molecule has 118 valence electrons. The normalized spacial score (nSPS) is 22.2. The lowest BCUT2D eigenvalue weighted by molar-refractivity contribution is 0.143. The number of nitrogens with two attached hydrogens (primary N) is 1. The van der Waals surface area contributed by atoms with E-state index in [1.807, 2.05) is 18.2 Å². The van der Waals surface area contributed by atoms with Crippen LogP contribution in [0.4, 0.5) is 0 Å². The molecule has 0 aliphatic heterocycles. The van der Waals surface area contributed by atoms with E-state index in [0.717, 1.165) is 11.3 Å². The number of hydrogen-bond acceptors (Lipinski definition) is 4. The summed E-state index contributed by atoms with van der Waals surface area (Å²) in [6.45, 7) is 5.82. The van der Waals surface area contributed by atoms with E-state index in [2.05, 4.69) is 25.3 Å². The Hall–Kier alpha value is -1.10. The summed E-state index contributed by atoms with van der Waals surface area (Å²) in [5, 5.41) is 0. The highest BCUT2D eigenvalue weighted by molar-refractivity contribution is 5.36. The number of rotatable bonds is 7. The van der Waals surface area contributed by atoms with Crippen LogP contribution in [-0.4, -0.2) is 20.3 Å². The maximum absolute atomic E-state index is 5.90. The molecule has 1 aromatic rings. The molecular weight excluding hydrogens is 264 g/mol. The average molecular weight is 292 g/mol. The zero-order valence-corrected chi connectivity index (χ0v) is 13.4. The second kappa shape index (κ2) is 7.25. The molecule has 0 amide bonds. The molecular formula is C17H28N2O2. The topological polar surface area (TPSA) is 56.5 Å². The van der Waals surface area contributed by atoms with Gasteiger partial charge in [0.25, 0.3) is 0 Å². The summed E-state index contributed by atoms with van der Waals surface area (Å²) in [6.07, 6.45) is 3.72. The quantitative estimate of drug-likeness (QED) is 0.461. The number of ether oxygens (including phenoxy) is 2. The van der Waals surface area contributed by atoms with Gasteiger partial charge in [0.1, 0.15) is 12.4 Å². The zero-order chi connectivity index (χ0) is 15.3. The van der Waals surface area contributed by atoms with Gasteiger partial charge in [0.05, 0.1) is 12.6 Å². The molecule has 1 aliphatic carbocycles. The maximum atomic E-state index is 5.90. The van der Waals surface area contributed by atoms with Crippen molar-refractivity contribution < 1.29 is 9.47 Å². The number of benzene rings is 1. The summed E-state index contributed by atoms with van der Waals surface area (Å²) in [6, 6.07) is 8.29. The smallest absolute Gasteiger partial charge is 0.124 e. The van der Waals surface area contributed by atoms with Crippen LogP contribution in [0.3, 0.4) is 0 Å². The van der Waals surface area contributed by atoms with Crippen molar-refractivity contribution >= 4 is 0 Å². The van der Waals surface area contributed by atoms with E-state index in [-0.39, 0.29) is 6.04 Å². The molecule has 0 aromatic heterocycles. The summed E-state index contributed by atoms with van der Waals surface area (Å²) < 4.78 is 10.9. The Morgan fingerprint density at radius 2 is 2.10 bits per heavy atom. The molecule has 1 fully saturated rings. The molecule has 2 rings (SSSR count). The van der Waals surface area contributed by atoms with Crippen LogP contribution in [-0.2, 0) is 4.74 Å². The highest BCUT2D eigenvalue weighted by atomic mass is 16.5. The Kier molecular flexibility index (Phi) is 5.62. The third-order valence-corrected chi connectivity index (χ3v) is 4.72. The van der Waals surface area contributed by atoms with E-state index in [0.29, 0.717) is 24.5 Å². The van der Waals surface area contributed by atoms with E-state index in [4.69, 9.17) is 15.3 Å². The van der Waals surface area contributed by atoms with E-state index in [9.17, 15) is 0 Å². The molecule has 4 nitrogen and oxygen atoms in total. The number of hydrogen-bond donors (Lipinski definition) is 2. The Morgan fingerprint density at radius 1 is 1.33 bits per heavy atom. The highest BCUT2D eigenvalue weighted by Gasteiger charge is 2.40. The van der Waals surface area contributed by atoms with Crippen LogP contribution in [0.25, 0.3) is 0 Å². The number of para-hydroxylation sites is 1. The number of hydrazine groups is 1. The van der Waals surface area contributed by atoms with Crippen molar-refractivity contribution in [2.24, 2.45) is 17.2 Å². The van der Waals surface area contributed by atoms with Crippen molar-refractivity contribution in [1.82, 2.24) is 5.43 Å². The standard InChI is InChI=1S/C17H28N2O2/c1-17(2)10-6-8-14(17)16(19-18)13-7-4-5-9-15(13)21-12-11-20-3/h4-5,7,9,14,16,19H,6,8,10-12,18H2,1-3H3. The fraction of sp³-hybridized carbons (Fsp3) is 0.647. The van der Waals surface area contributed by atoms with Gasteiger partial charge in [-0.3, -0.25) is 11.3 Å². The summed E-state index contributed by atoms with van der Waals surface area (Å²) in [5.41, 5.74) is 4.49. The molecule has 21 heavy (non-hydrogen) atoms. The summed E-state index contributed by atoms with van der Waals surface area (Å²) in [7, 11) is 1.68. The molecule has 0 heterocycles. The fourth-order valence-electron chi connectivity index (χ4n) is 3.50. The molecule has 0 spiro atoms. The van der Waals surface area contributed by atoms with Crippen LogP contribution < -0.4 is 16.0 Å². The van der Waals surface area contributed by atoms with E-state index < -0.39 is 0 Å². The number of methoxy groups -OCH3 is 1. The molecule has 0 radical (unpaired) electrons. The van der Waals surface area contributed by atoms with Crippen molar-refractivity contribution in [2.75, 3.05) is 20.3 Å². The van der Waals surface area contributed by atoms with Crippen LogP contribution in [0.2, 0.25) is 0 Å². The minimum absolute atomic E-state index is 0.126. The van der Waals surface area contributed by atoms with Gasteiger partial charge < -0.3 is 9.47 Å². The van der Waals surface area contributed by atoms with Gasteiger partial charge in [0, 0.05) is 12.7 Å². The summed E-state index contributed by atoms with van der Waals surface area (Å²) in [4.78, 5) is 0. The lowest BCUT2D eigenvalue weighted by Crippen LogP contribution is -2.38. The Morgan fingerprint density at radius 3 is 2.71 bits per heavy atom. The molecule has 1 aromatic carbocycles. The second-order valence-electron chi connectivity index (χ2n) is 6.51. The van der Waals surface area contributed by atoms with E-state index in [1.54, 1.807) is 7.11 Å². The fourth-order valence-corrected chi connectivity index (χ4v) is 3.50. The van der Waals surface area contributed by atoms with Gasteiger partial charge in [-0.05, 0) is 30.2 Å². The zero-order valence-electron chi connectivity index (χ0n) is 13.4. The van der Waals surface area contributed by atoms with E-state index >= 15 is 0 Å².